The quantitative estimate of drug-likeness (QED) is 0.673. The molecule has 1 aromatic rings. The van der Waals surface area contributed by atoms with Gasteiger partial charge >= 0.3 is 0 Å². The average molecular weight is 225 g/mol. The molecule has 0 fully saturated rings. The van der Waals surface area contributed by atoms with Crippen LogP contribution in [-0.4, -0.2) is 27.2 Å². The summed E-state index contributed by atoms with van der Waals surface area (Å²) in [6, 6.07) is -0.113. The number of aromatic nitrogens is 3. The minimum Gasteiger partial charge on any atom is -0.346 e. The van der Waals surface area contributed by atoms with Crippen LogP contribution >= 0.6 is 0 Å². The molecule has 3 N–H and O–H groups in total. The zero-order valence-electron chi connectivity index (χ0n) is 9.81. The molecule has 1 heterocycles. The number of unbranched alkanes of at least 4 members (excludes halogenated alkanes) is 1. The molecule has 6 nitrogen and oxygen atoms in total. The fraction of sp³-hybridized carbons (Fsp3) is 0.700. The summed E-state index contributed by atoms with van der Waals surface area (Å²) >= 11 is 0. The first-order chi connectivity index (χ1) is 7.65. The molecular weight excluding hydrogens is 206 g/mol. The zero-order chi connectivity index (χ0) is 12.0. The summed E-state index contributed by atoms with van der Waals surface area (Å²) < 4.78 is 1.80. The molecule has 0 aliphatic heterocycles. The number of nitrogens with one attached hydrogen (secondary N) is 1. The Balaban J connectivity index is 2.37. The van der Waals surface area contributed by atoms with Crippen LogP contribution in [0.25, 0.3) is 0 Å². The molecule has 0 bridgehead atoms. The molecule has 1 atom stereocenters. The molecule has 1 unspecified atom stereocenters. The van der Waals surface area contributed by atoms with Gasteiger partial charge in [0.05, 0.1) is 6.04 Å². The van der Waals surface area contributed by atoms with Crippen LogP contribution in [0.3, 0.4) is 0 Å². The van der Waals surface area contributed by atoms with Crippen LogP contribution in [0.15, 0.2) is 6.33 Å². The summed E-state index contributed by atoms with van der Waals surface area (Å²) in [5, 5.41) is 10.6. The Hall–Kier alpha value is -1.43. The van der Waals surface area contributed by atoms with Crippen molar-refractivity contribution < 1.29 is 4.79 Å². The lowest BCUT2D eigenvalue weighted by molar-refractivity contribution is -0.121. The first-order valence-electron chi connectivity index (χ1n) is 5.48. The van der Waals surface area contributed by atoms with Crippen molar-refractivity contribution in [2.75, 3.05) is 6.54 Å². The Kier molecular flexibility index (Phi) is 4.91. The second kappa shape index (κ2) is 6.22. The number of hydrogen-bond acceptors (Lipinski definition) is 4. The van der Waals surface area contributed by atoms with Gasteiger partial charge in [-0.25, -0.2) is 0 Å². The van der Waals surface area contributed by atoms with Crippen LogP contribution in [0.1, 0.15) is 38.1 Å². The molecule has 0 spiro atoms. The maximum Gasteiger partial charge on any atom is 0.220 e. The van der Waals surface area contributed by atoms with E-state index in [1.54, 1.807) is 10.9 Å². The summed E-state index contributed by atoms with van der Waals surface area (Å²) in [5.41, 5.74) is 5.36. The normalized spacial score (nSPS) is 12.4. The molecule has 0 saturated carbocycles. The molecule has 1 amide bonds. The fourth-order valence-electron chi connectivity index (χ4n) is 1.49. The molecule has 0 aliphatic carbocycles. The van der Waals surface area contributed by atoms with Gasteiger partial charge in [0.15, 0.2) is 5.82 Å². The third-order valence-electron chi connectivity index (χ3n) is 2.37. The third kappa shape index (κ3) is 3.62. The van der Waals surface area contributed by atoms with E-state index >= 15 is 0 Å². The number of carbonyl (C=O) groups excluding carboxylic acids is 1. The van der Waals surface area contributed by atoms with E-state index in [4.69, 9.17) is 5.73 Å². The number of rotatable bonds is 6. The summed E-state index contributed by atoms with van der Waals surface area (Å²) in [7, 11) is 1.85. The smallest absolute Gasteiger partial charge is 0.220 e. The maximum absolute atomic E-state index is 11.5. The van der Waals surface area contributed by atoms with Gasteiger partial charge in [0.25, 0.3) is 0 Å². The molecular formula is C10H19N5O. The summed E-state index contributed by atoms with van der Waals surface area (Å²) in [4.78, 5) is 11.5. The highest BCUT2D eigenvalue weighted by Gasteiger charge is 2.13. The van der Waals surface area contributed by atoms with Crippen molar-refractivity contribution in [1.82, 2.24) is 20.1 Å². The van der Waals surface area contributed by atoms with Gasteiger partial charge in [-0.15, -0.1) is 10.2 Å². The third-order valence-corrected chi connectivity index (χ3v) is 2.37. The van der Waals surface area contributed by atoms with Crippen molar-refractivity contribution in [3.8, 4) is 0 Å². The molecule has 1 aromatic heterocycles. The molecule has 1 rings (SSSR count). The fourth-order valence-corrected chi connectivity index (χ4v) is 1.49. The first kappa shape index (κ1) is 12.6. The monoisotopic (exact) mass is 225 g/mol. The van der Waals surface area contributed by atoms with Crippen molar-refractivity contribution in [3.05, 3.63) is 12.2 Å². The maximum atomic E-state index is 11.5. The van der Waals surface area contributed by atoms with Gasteiger partial charge in [-0.3, -0.25) is 4.79 Å². The molecule has 0 aromatic carbocycles. The van der Waals surface area contributed by atoms with E-state index in [-0.39, 0.29) is 11.9 Å². The topological polar surface area (TPSA) is 85.8 Å². The van der Waals surface area contributed by atoms with Gasteiger partial charge in [0, 0.05) is 13.5 Å². The zero-order valence-corrected chi connectivity index (χ0v) is 9.81. The van der Waals surface area contributed by atoms with Crippen molar-refractivity contribution in [2.24, 2.45) is 12.8 Å². The second-order valence-electron chi connectivity index (χ2n) is 3.84. The second-order valence-corrected chi connectivity index (χ2v) is 3.84. The SMILES string of the molecule is CC(NC(=O)CCCCN)c1nncn1C. The molecule has 0 aliphatic rings. The van der Waals surface area contributed by atoms with Crippen LogP contribution in [0, 0.1) is 0 Å². The minimum atomic E-state index is -0.113. The molecule has 16 heavy (non-hydrogen) atoms. The van der Waals surface area contributed by atoms with E-state index in [1.165, 1.54) is 0 Å². The Morgan fingerprint density at radius 3 is 2.94 bits per heavy atom. The molecule has 0 radical (unpaired) electrons. The van der Waals surface area contributed by atoms with E-state index in [9.17, 15) is 4.79 Å². The predicted molar refractivity (Wildman–Crippen MR) is 60.5 cm³/mol. The predicted octanol–water partition coefficient (Wildman–Crippen LogP) is 0.121. The number of amides is 1. The highest BCUT2D eigenvalue weighted by molar-refractivity contribution is 5.76. The minimum absolute atomic E-state index is 0.0314. The Bertz CT molecular complexity index is 336. The van der Waals surface area contributed by atoms with Gasteiger partial charge in [-0.1, -0.05) is 0 Å². The van der Waals surface area contributed by atoms with Crippen molar-refractivity contribution >= 4 is 5.91 Å². The van der Waals surface area contributed by atoms with Crippen LogP contribution < -0.4 is 11.1 Å². The number of aryl methyl sites for hydroxylation is 1. The van der Waals surface area contributed by atoms with E-state index < -0.39 is 0 Å². The van der Waals surface area contributed by atoms with Crippen LogP contribution in [-0.2, 0) is 11.8 Å². The van der Waals surface area contributed by atoms with Crippen molar-refractivity contribution in [3.63, 3.8) is 0 Å². The van der Waals surface area contributed by atoms with Crippen molar-refractivity contribution in [1.29, 1.82) is 0 Å². The lowest BCUT2D eigenvalue weighted by Crippen LogP contribution is -2.28. The Labute approximate surface area is 95.2 Å². The van der Waals surface area contributed by atoms with Gasteiger partial charge in [0.1, 0.15) is 6.33 Å². The van der Waals surface area contributed by atoms with Crippen LogP contribution in [0.4, 0.5) is 0 Å². The molecule has 90 valence electrons. The van der Waals surface area contributed by atoms with Gasteiger partial charge < -0.3 is 15.6 Å². The first-order valence-corrected chi connectivity index (χ1v) is 5.48. The van der Waals surface area contributed by atoms with E-state index in [2.05, 4.69) is 15.5 Å². The highest BCUT2D eigenvalue weighted by atomic mass is 16.1. The standard InChI is InChI=1S/C10H19N5O/c1-8(10-14-12-7-15(10)2)13-9(16)5-3-4-6-11/h7-8H,3-6,11H2,1-2H3,(H,13,16). The van der Waals surface area contributed by atoms with E-state index in [0.29, 0.717) is 13.0 Å². The largest absolute Gasteiger partial charge is 0.346 e. The summed E-state index contributed by atoms with van der Waals surface area (Å²) in [5.74, 6) is 0.788. The van der Waals surface area contributed by atoms with Gasteiger partial charge in [-0.05, 0) is 26.3 Å². The summed E-state index contributed by atoms with van der Waals surface area (Å²) in [6.45, 7) is 2.52. The lowest BCUT2D eigenvalue weighted by atomic mass is 10.2. The Morgan fingerprint density at radius 1 is 1.62 bits per heavy atom. The van der Waals surface area contributed by atoms with Gasteiger partial charge in [-0.2, -0.15) is 0 Å². The van der Waals surface area contributed by atoms with Crippen molar-refractivity contribution in [2.45, 2.75) is 32.2 Å². The number of nitrogens with two attached hydrogens (primary N) is 1. The van der Waals surface area contributed by atoms with E-state index in [1.807, 2.05) is 14.0 Å². The average Bonchev–Trinajstić information content (AvgIpc) is 2.65. The van der Waals surface area contributed by atoms with E-state index in [0.717, 1.165) is 18.7 Å². The summed E-state index contributed by atoms with van der Waals surface area (Å²) in [6.07, 6.45) is 3.84. The molecule has 6 heteroatoms. The molecule has 0 saturated heterocycles. The number of carbonyl (C=O) groups is 1. The van der Waals surface area contributed by atoms with Crippen LogP contribution in [0.5, 0.6) is 0 Å². The lowest BCUT2D eigenvalue weighted by Gasteiger charge is -2.12. The van der Waals surface area contributed by atoms with Crippen LogP contribution in [0.2, 0.25) is 0 Å². The van der Waals surface area contributed by atoms with Gasteiger partial charge in [0.2, 0.25) is 5.91 Å². The Morgan fingerprint density at radius 2 is 2.38 bits per heavy atom. The number of hydrogen-bond donors (Lipinski definition) is 2. The number of nitrogens with zero attached hydrogens (tertiary/aromatic N) is 3. The highest BCUT2D eigenvalue weighted by Crippen LogP contribution is 2.07.